The lowest BCUT2D eigenvalue weighted by Gasteiger charge is -2.23. The highest BCUT2D eigenvalue weighted by Gasteiger charge is 2.30. The maximum atomic E-state index is 13.0. The van der Waals surface area contributed by atoms with Crippen molar-refractivity contribution in [3.63, 3.8) is 0 Å². The minimum absolute atomic E-state index is 0.179. The van der Waals surface area contributed by atoms with Crippen LogP contribution in [-0.4, -0.2) is 26.5 Å². The number of carbonyl (C=O) groups is 1. The highest BCUT2D eigenvalue weighted by Crippen LogP contribution is 2.32. The van der Waals surface area contributed by atoms with E-state index >= 15 is 0 Å². The summed E-state index contributed by atoms with van der Waals surface area (Å²) in [5.41, 5.74) is 7.32. The van der Waals surface area contributed by atoms with Crippen LogP contribution in [0.3, 0.4) is 0 Å². The van der Waals surface area contributed by atoms with Gasteiger partial charge >= 0.3 is 0 Å². The first-order chi connectivity index (χ1) is 12.5. The maximum Gasteiger partial charge on any atom is 0.227 e. The van der Waals surface area contributed by atoms with E-state index in [1.807, 2.05) is 47.5 Å². The first kappa shape index (κ1) is 16.8. The molecule has 0 N–H and O–H groups in total. The predicted molar refractivity (Wildman–Crippen MR) is 103 cm³/mol. The standard InChI is InChI=1S/C21H24N4O/c1-13-11-20-22-15(3)18(16(4)25(20)23-13)9-10-21(26)24-14(2)12-17-7-5-6-8-19(17)24/h5-8,11,14H,9-10,12H2,1-4H3/t14-/m0/s1. The fourth-order valence-corrected chi connectivity index (χ4v) is 4.10. The molecule has 0 bridgehead atoms. The van der Waals surface area contributed by atoms with Gasteiger partial charge in [0.25, 0.3) is 0 Å². The average molecular weight is 348 g/mol. The monoisotopic (exact) mass is 348 g/mol. The number of nitrogens with zero attached hydrogens (tertiary/aromatic N) is 4. The van der Waals surface area contributed by atoms with Crippen molar-refractivity contribution in [2.75, 3.05) is 4.90 Å². The quantitative estimate of drug-likeness (QED) is 0.727. The molecule has 5 nitrogen and oxygen atoms in total. The third-order valence-corrected chi connectivity index (χ3v) is 5.35. The van der Waals surface area contributed by atoms with Crippen molar-refractivity contribution in [3.05, 3.63) is 58.5 Å². The summed E-state index contributed by atoms with van der Waals surface area (Å²) < 4.78 is 1.88. The molecule has 3 aromatic rings. The molecule has 0 saturated carbocycles. The van der Waals surface area contributed by atoms with Gasteiger partial charge in [0.15, 0.2) is 5.65 Å². The Kier molecular flexibility index (Phi) is 4.02. The van der Waals surface area contributed by atoms with Gasteiger partial charge < -0.3 is 4.90 Å². The number of anilines is 1. The average Bonchev–Trinajstić information content (AvgIpc) is 3.13. The van der Waals surface area contributed by atoms with Crippen LogP contribution in [0.4, 0.5) is 5.69 Å². The van der Waals surface area contributed by atoms with E-state index in [1.54, 1.807) is 0 Å². The second kappa shape index (κ2) is 6.24. The molecule has 4 rings (SSSR count). The van der Waals surface area contributed by atoms with Crippen molar-refractivity contribution in [3.8, 4) is 0 Å². The Hall–Kier alpha value is -2.69. The van der Waals surface area contributed by atoms with E-state index in [2.05, 4.69) is 30.0 Å². The molecule has 5 heteroatoms. The van der Waals surface area contributed by atoms with Gasteiger partial charge in [0.2, 0.25) is 5.91 Å². The van der Waals surface area contributed by atoms with Crippen LogP contribution in [0.2, 0.25) is 0 Å². The number of carbonyl (C=O) groups excluding carboxylic acids is 1. The molecule has 0 unspecified atom stereocenters. The van der Waals surface area contributed by atoms with Gasteiger partial charge in [-0.25, -0.2) is 9.50 Å². The van der Waals surface area contributed by atoms with E-state index in [-0.39, 0.29) is 11.9 Å². The summed E-state index contributed by atoms with van der Waals surface area (Å²) in [7, 11) is 0. The summed E-state index contributed by atoms with van der Waals surface area (Å²) in [6.45, 7) is 8.16. The molecule has 1 aliphatic rings. The molecule has 1 atom stereocenters. The Morgan fingerprint density at radius 1 is 1.23 bits per heavy atom. The number of fused-ring (bicyclic) bond motifs is 2. The van der Waals surface area contributed by atoms with Crippen LogP contribution >= 0.6 is 0 Å². The van der Waals surface area contributed by atoms with Gasteiger partial charge in [-0.05, 0) is 57.7 Å². The highest BCUT2D eigenvalue weighted by molar-refractivity contribution is 5.96. The van der Waals surface area contributed by atoms with Gasteiger partial charge in [-0.3, -0.25) is 4.79 Å². The van der Waals surface area contributed by atoms with Crippen LogP contribution in [0, 0.1) is 20.8 Å². The largest absolute Gasteiger partial charge is 0.309 e. The first-order valence-electron chi connectivity index (χ1n) is 9.18. The molecule has 1 aliphatic heterocycles. The summed E-state index contributed by atoms with van der Waals surface area (Å²) in [5, 5.41) is 4.52. The molecule has 1 amide bonds. The smallest absolute Gasteiger partial charge is 0.227 e. The lowest BCUT2D eigenvalue weighted by molar-refractivity contribution is -0.118. The van der Waals surface area contributed by atoms with E-state index in [0.717, 1.165) is 40.4 Å². The number of amides is 1. The summed E-state index contributed by atoms with van der Waals surface area (Å²) in [4.78, 5) is 19.6. The Morgan fingerprint density at radius 2 is 2.00 bits per heavy atom. The maximum absolute atomic E-state index is 13.0. The minimum Gasteiger partial charge on any atom is -0.309 e. The number of benzene rings is 1. The molecule has 1 aromatic carbocycles. The number of aryl methyl sites for hydroxylation is 3. The van der Waals surface area contributed by atoms with Crippen LogP contribution in [-0.2, 0) is 17.6 Å². The van der Waals surface area contributed by atoms with Crippen LogP contribution in [0.5, 0.6) is 0 Å². The lowest BCUT2D eigenvalue weighted by atomic mass is 10.1. The first-order valence-corrected chi connectivity index (χ1v) is 9.18. The van der Waals surface area contributed by atoms with Crippen molar-refractivity contribution >= 4 is 17.2 Å². The predicted octanol–water partition coefficient (Wildman–Crippen LogP) is 3.56. The van der Waals surface area contributed by atoms with Crippen molar-refractivity contribution in [2.24, 2.45) is 0 Å². The summed E-state index contributed by atoms with van der Waals surface area (Å²) in [5.74, 6) is 0.179. The molecule has 3 heterocycles. The zero-order valence-corrected chi connectivity index (χ0v) is 15.8. The van der Waals surface area contributed by atoms with E-state index < -0.39 is 0 Å². The molecule has 2 aromatic heterocycles. The second-order valence-corrected chi connectivity index (χ2v) is 7.26. The zero-order chi connectivity index (χ0) is 18.4. The fourth-order valence-electron chi connectivity index (χ4n) is 4.10. The van der Waals surface area contributed by atoms with Crippen LogP contribution in [0.25, 0.3) is 5.65 Å². The number of para-hydroxylation sites is 1. The zero-order valence-electron chi connectivity index (χ0n) is 15.8. The molecule has 0 radical (unpaired) electrons. The normalized spacial score (nSPS) is 16.3. The van der Waals surface area contributed by atoms with Gasteiger partial charge in [-0.1, -0.05) is 18.2 Å². The van der Waals surface area contributed by atoms with Crippen LogP contribution in [0.1, 0.15) is 41.6 Å². The summed E-state index contributed by atoms with van der Waals surface area (Å²) >= 11 is 0. The van der Waals surface area contributed by atoms with Crippen molar-refractivity contribution in [1.82, 2.24) is 14.6 Å². The molecule has 0 saturated heterocycles. The van der Waals surface area contributed by atoms with Gasteiger partial charge in [-0.2, -0.15) is 5.10 Å². The molecule has 0 aliphatic carbocycles. The third kappa shape index (κ3) is 2.68. The van der Waals surface area contributed by atoms with E-state index in [4.69, 9.17) is 0 Å². The number of aromatic nitrogens is 3. The Balaban J connectivity index is 1.58. The third-order valence-electron chi connectivity index (χ3n) is 5.35. The number of rotatable bonds is 3. The molecular formula is C21H24N4O. The van der Waals surface area contributed by atoms with Crippen molar-refractivity contribution < 1.29 is 4.79 Å². The second-order valence-electron chi connectivity index (χ2n) is 7.26. The lowest BCUT2D eigenvalue weighted by Crippen LogP contribution is -2.35. The fraction of sp³-hybridized carbons (Fsp3) is 0.381. The Labute approximate surface area is 153 Å². The topological polar surface area (TPSA) is 50.5 Å². The van der Waals surface area contributed by atoms with Gasteiger partial charge in [0, 0.05) is 35.6 Å². The van der Waals surface area contributed by atoms with Gasteiger partial charge in [-0.15, -0.1) is 0 Å². The van der Waals surface area contributed by atoms with Crippen LogP contribution < -0.4 is 4.90 Å². The molecule has 26 heavy (non-hydrogen) atoms. The molecule has 134 valence electrons. The van der Waals surface area contributed by atoms with Crippen LogP contribution in [0.15, 0.2) is 30.3 Å². The van der Waals surface area contributed by atoms with Crippen molar-refractivity contribution in [1.29, 1.82) is 0 Å². The summed E-state index contributed by atoms with van der Waals surface area (Å²) in [6.07, 6.45) is 2.09. The highest BCUT2D eigenvalue weighted by atomic mass is 16.2. The minimum atomic E-state index is 0.179. The molecular weight excluding hydrogens is 324 g/mol. The van der Waals surface area contributed by atoms with E-state index in [1.165, 1.54) is 5.56 Å². The number of hydrogen-bond acceptors (Lipinski definition) is 3. The Bertz CT molecular complexity index is 1000. The van der Waals surface area contributed by atoms with Gasteiger partial charge in [0.1, 0.15) is 0 Å². The SMILES string of the molecule is Cc1cc2nc(C)c(CCC(=O)N3c4ccccc4C[C@@H]3C)c(C)n2n1. The Morgan fingerprint density at radius 3 is 2.81 bits per heavy atom. The summed E-state index contributed by atoms with van der Waals surface area (Å²) in [6, 6.07) is 10.4. The number of hydrogen-bond donors (Lipinski definition) is 0. The van der Waals surface area contributed by atoms with Crippen molar-refractivity contribution in [2.45, 2.75) is 53.0 Å². The molecule has 0 fully saturated rings. The van der Waals surface area contributed by atoms with E-state index in [9.17, 15) is 4.79 Å². The molecule has 0 spiro atoms. The van der Waals surface area contributed by atoms with Gasteiger partial charge in [0.05, 0.1) is 5.69 Å². The van der Waals surface area contributed by atoms with E-state index in [0.29, 0.717) is 12.8 Å².